The van der Waals surface area contributed by atoms with Crippen molar-refractivity contribution < 1.29 is 14.3 Å². The molecule has 2 aromatic carbocycles. The van der Waals surface area contributed by atoms with Gasteiger partial charge in [-0.25, -0.2) is 4.98 Å². The minimum Gasteiger partial charge on any atom is -0.439 e. The first-order chi connectivity index (χ1) is 13.5. The van der Waals surface area contributed by atoms with Crippen LogP contribution in [0, 0.1) is 0 Å². The molecule has 1 heterocycles. The standard InChI is InChI=1S/C20H15BrClN3O3/c1-23-20(27)16-10-14(6-7-17(16)22)25-19(26)12-5-8-18(24-11-12)28-15-4-2-3-13(21)9-15/h2-11H,1H3,(H,23,27)(H,25,26). The van der Waals surface area contributed by atoms with Crippen LogP contribution in [0.15, 0.2) is 65.3 Å². The van der Waals surface area contributed by atoms with E-state index in [0.717, 1.165) is 4.47 Å². The molecule has 0 aliphatic heterocycles. The van der Waals surface area contributed by atoms with Crippen LogP contribution in [-0.4, -0.2) is 23.8 Å². The molecule has 0 fully saturated rings. The Kier molecular flexibility index (Phi) is 6.28. The maximum atomic E-state index is 12.4. The number of ether oxygens (including phenoxy) is 1. The van der Waals surface area contributed by atoms with E-state index < -0.39 is 0 Å². The lowest BCUT2D eigenvalue weighted by atomic mass is 10.1. The number of nitrogens with zero attached hydrogens (tertiary/aromatic N) is 1. The molecule has 0 saturated carbocycles. The van der Waals surface area contributed by atoms with Gasteiger partial charge in [0.05, 0.1) is 16.1 Å². The van der Waals surface area contributed by atoms with Gasteiger partial charge in [-0.3, -0.25) is 9.59 Å². The summed E-state index contributed by atoms with van der Waals surface area (Å²) in [7, 11) is 1.51. The number of pyridine rings is 1. The van der Waals surface area contributed by atoms with E-state index in [1.54, 1.807) is 30.3 Å². The molecule has 142 valence electrons. The SMILES string of the molecule is CNC(=O)c1cc(NC(=O)c2ccc(Oc3cccc(Br)c3)nc2)ccc1Cl. The molecule has 0 aliphatic carbocycles. The number of aromatic nitrogens is 1. The number of amides is 2. The molecule has 3 rings (SSSR count). The van der Waals surface area contributed by atoms with E-state index in [1.165, 1.54) is 19.3 Å². The van der Waals surface area contributed by atoms with Crippen molar-refractivity contribution in [3.63, 3.8) is 0 Å². The molecule has 0 unspecified atom stereocenters. The largest absolute Gasteiger partial charge is 0.439 e. The van der Waals surface area contributed by atoms with Crippen LogP contribution in [-0.2, 0) is 0 Å². The summed E-state index contributed by atoms with van der Waals surface area (Å²) in [6.45, 7) is 0. The Morgan fingerprint density at radius 3 is 2.57 bits per heavy atom. The average Bonchev–Trinajstić information content (AvgIpc) is 2.69. The van der Waals surface area contributed by atoms with E-state index in [4.69, 9.17) is 16.3 Å². The first kappa shape index (κ1) is 19.9. The smallest absolute Gasteiger partial charge is 0.257 e. The van der Waals surface area contributed by atoms with Gasteiger partial charge in [-0.05, 0) is 42.5 Å². The highest BCUT2D eigenvalue weighted by Crippen LogP contribution is 2.24. The van der Waals surface area contributed by atoms with Gasteiger partial charge < -0.3 is 15.4 Å². The molecular formula is C20H15BrClN3O3. The minimum absolute atomic E-state index is 0.276. The molecule has 28 heavy (non-hydrogen) atoms. The molecule has 0 saturated heterocycles. The first-order valence-corrected chi connectivity index (χ1v) is 9.36. The summed E-state index contributed by atoms with van der Waals surface area (Å²) in [5, 5.41) is 5.52. The van der Waals surface area contributed by atoms with Crippen LogP contribution in [0.5, 0.6) is 11.6 Å². The third-order valence-electron chi connectivity index (χ3n) is 3.71. The summed E-state index contributed by atoms with van der Waals surface area (Å²) in [5.41, 5.74) is 1.07. The van der Waals surface area contributed by atoms with Gasteiger partial charge in [0.15, 0.2) is 0 Å². The van der Waals surface area contributed by atoms with Crippen LogP contribution >= 0.6 is 27.5 Å². The predicted octanol–water partition coefficient (Wildman–Crippen LogP) is 4.90. The first-order valence-electron chi connectivity index (χ1n) is 8.19. The Hall–Kier alpha value is -2.90. The molecule has 2 N–H and O–H groups in total. The fraction of sp³-hybridized carbons (Fsp3) is 0.0500. The molecule has 1 aromatic heterocycles. The fourth-order valence-electron chi connectivity index (χ4n) is 2.34. The highest BCUT2D eigenvalue weighted by atomic mass is 79.9. The molecule has 0 aliphatic rings. The number of halogens is 2. The van der Waals surface area contributed by atoms with Crippen molar-refractivity contribution in [2.24, 2.45) is 0 Å². The van der Waals surface area contributed by atoms with E-state index in [-0.39, 0.29) is 17.4 Å². The monoisotopic (exact) mass is 459 g/mol. The second-order valence-electron chi connectivity index (χ2n) is 5.67. The van der Waals surface area contributed by atoms with Gasteiger partial charge in [0.25, 0.3) is 11.8 Å². The molecule has 0 atom stereocenters. The van der Waals surface area contributed by atoms with Gasteiger partial charge in [-0.15, -0.1) is 0 Å². The highest BCUT2D eigenvalue weighted by Gasteiger charge is 2.12. The van der Waals surface area contributed by atoms with E-state index >= 15 is 0 Å². The number of carbonyl (C=O) groups excluding carboxylic acids is 2. The van der Waals surface area contributed by atoms with E-state index in [2.05, 4.69) is 31.5 Å². The molecule has 2 amide bonds. The maximum absolute atomic E-state index is 12.4. The zero-order valence-corrected chi connectivity index (χ0v) is 17.0. The summed E-state index contributed by atoms with van der Waals surface area (Å²) in [5.74, 6) is 0.286. The van der Waals surface area contributed by atoms with Crippen LogP contribution in [0.25, 0.3) is 0 Å². The Balaban J connectivity index is 1.70. The fourth-order valence-corrected chi connectivity index (χ4v) is 2.92. The number of nitrogens with one attached hydrogen (secondary N) is 2. The van der Waals surface area contributed by atoms with Gasteiger partial charge in [0.2, 0.25) is 5.88 Å². The van der Waals surface area contributed by atoms with Crippen LogP contribution in [0.3, 0.4) is 0 Å². The third kappa shape index (κ3) is 4.88. The maximum Gasteiger partial charge on any atom is 0.257 e. The second kappa shape index (κ2) is 8.86. The van der Waals surface area contributed by atoms with Gasteiger partial charge in [0, 0.05) is 29.5 Å². The van der Waals surface area contributed by atoms with Crippen molar-refractivity contribution in [2.45, 2.75) is 0 Å². The van der Waals surface area contributed by atoms with Crippen LogP contribution in [0.2, 0.25) is 5.02 Å². The Bertz CT molecular complexity index is 1030. The summed E-state index contributed by atoms with van der Waals surface area (Å²) in [6, 6.07) is 15.2. The van der Waals surface area contributed by atoms with Gasteiger partial charge in [0.1, 0.15) is 5.75 Å². The zero-order chi connectivity index (χ0) is 20.1. The lowest BCUT2D eigenvalue weighted by molar-refractivity contribution is 0.0961. The van der Waals surface area contributed by atoms with Crippen molar-refractivity contribution in [3.8, 4) is 11.6 Å². The Labute approximate surface area is 175 Å². The van der Waals surface area contributed by atoms with Gasteiger partial charge >= 0.3 is 0 Å². The summed E-state index contributed by atoms with van der Waals surface area (Å²) < 4.78 is 6.54. The Morgan fingerprint density at radius 1 is 1.07 bits per heavy atom. The lowest BCUT2D eigenvalue weighted by Crippen LogP contribution is -2.19. The van der Waals surface area contributed by atoms with Crippen molar-refractivity contribution in [3.05, 3.63) is 81.4 Å². The van der Waals surface area contributed by atoms with Crippen LogP contribution in [0.4, 0.5) is 5.69 Å². The van der Waals surface area contributed by atoms with Crippen molar-refractivity contribution in [1.29, 1.82) is 0 Å². The van der Waals surface area contributed by atoms with Gasteiger partial charge in [-0.1, -0.05) is 33.6 Å². The molecule has 6 nitrogen and oxygen atoms in total. The van der Waals surface area contributed by atoms with E-state index in [9.17, 15) is 9.59 Å². The van der Waals surface area contributed by atoms with Gasteiger partial charge in [-0.2, -0.15) is 0 Å². The number of anilines is 1. The number of benzene rings is 2. The quantitative estimate of drug-likeness (QED) is 0.567. The third-order valence-corrected chi connectivity index (χ3v) is 4.54. The number of carbonyl (C=O) groups is 2. The number of rotatable bonds is 5. The summed E-state index contributed by atoms with van der Waals surface area (Å²) >= 11 is 9.39. The molecule has 0 bridgehead atoms. The van der Waals surface area contributed by atoms with Crippen LogP contribution in [0.1, 0.15) is 20.7 Å². The number of hydrogen-bond donors (Lipinski definition) is 2. The van der Waals surface area contributed by atoms with Crippen molar-refractivity contribution in [1.82, 2.24) is 10.3 Å². The van der Waals surface area contributed by atoms with Crippen molar-refractivity contribution in [2.75, 3.05) is 12.4 Å². The second-order valence-corrected chi connectivity index (χ2v) is 7.00. The van der Waals surface area contributed by atoms with Crippen molar-refractivity contribution >= 4 is 45.0 Å². The summed E-state index contributed by atoms with van der Waals surface area (Å²) in [6.07, 6.45) is 1.41. The van der Waals surface area contributed by atoms with Crippen LogP contribution < -0.4 is 15.4 Å². The predicted molar refractivity (Wildman–Crippen MR) is 111 cm³/mol. The molecule has 0 radical (unpaired) electrons. The topological polar surface area (TPSA) is 80.3 Å². The molecule has 3 aromatic rings. The lowest BCUT2D eigenvalue weighted by Gasteiger charge is -2.09. The molecule has 0 spiro atoms. The molecular weight excluding hydrogens is 446 g/mol. The minimum atomic E-state index is -0.369. The van der Waals surface area contributed by atoms with E-state index in [0.29, 0.717) is 27.9 Å². The zero-order valence-electron chi connectivity index (χ0n) is 14.7. The normalized spacial score (nSPS) is 10.2. The summed E-state index contributed by atoms with van der Waals surface area (Å²) in [4.78, 5) is 28.4. The van der Waals surface area contributed by atoms with E-state index in [1.807, 2.05) is 18.2 Å². The highest BCUT2D eigenvalue weighted by molar-refractivity contribution is 9.10. The molecule has 8 heteroatoms. The number of hydrogen-bond acceptors (Lipinski definition) is 4. The average molecular weight is 461 g/mol. The Morgan fingerprint density at radius 2 is 1.89 bits per heavy atom.